The summed E-state index contributed by atoms with van der Waals surface area (Å²) in [6, 6.07) is 7.86. The van der Waals surface area contributed by atoms with Crippen LogP contribution in [0.25, 0.3) is 11.3 Å². The molecule has 4 nitrogen and oxygen atoms in total. The van der Waals surface area contributed by atoms with Crippen molar-refractivity contribution in [3.8, 4) is 17.0 Å². The van der Waals surface area contributed by atoms with Crippen molar-refractivity contribution in [2.75, 3.05) is 7.11 Å². The Morgan fingerprint density at radius 3 is 2.75 bits per heavy atom. The maximum Gasteiger partial charge on any atom is 0.220 e. The van der Waals surface area contributed by atoms with Gasteiger partial charge in [0.05, 0.1) is 19.3 Å². The van der Waals surface area contributed by atoms with E-state index in [1.165, 1.54) is 25.7 Å². The number of thiazole rings is 1. The zero-order valence-electron chi connectivity index (χ0n) is 14.1. The third-order valence-electron chi connectivity index (χ3n) is 4.63. The first kappa shape index (κ1) is 17.0. The Hall–Kier alpha value is -1.88. The van der Waals surface area contributed by atoms with Gasteiger partial charge in [-0.1, -0.05) is 25.7 Å². The van der Waals surface area contributed by atoms with Crippen LogP contribution in [0.1, 0.15) is 43.5 Å². The molecule has 5 heteroatoms. The van der Waals surface area contributed by atoms with Crippen LogP contribution in [-0.4, -0.2) is 18.0 Å². The number of carbonyl (C=O) groups is 1. The molecule has 1 aliphatic rings. The number of ether oxygens (including phenoxy) is 1. The first-order valence-corrected chi connectivity index (χ1v) is 9.48. The van der Waals surface area contributed by atoms with Gasteiger partial charge in [0.1, 0.15) is 10.8 Å². The van der Waals surface area contributed by atoms with E-state index >= 15 is 0 Å². The maximum absolute atomic E-state index is 12.0. The van der Waals surface area contributed by atoms with Crippen LogP contribution in [0, 0.1) is 5.92 Å². The first-order chi connectivity index (χ1) is 11.7. The van der Waals surface area contributed by atoms with Crippen LogP contribution >= 0.6 is 11.3 Å². The number of benzene rings is 1. The quantitative estimate of drug-likeness (QED) is 0.809. The SMILES string of the molecule is COc1ccc(-c2csc(CNC(=O)CCC3CCCC3)n2)cc1. The molecule has 0 aliphatic heterocycles. The van der Waals surface area contributed by atoms with Crippen LogP contribution in [0.5, 0.6) is 5.75 Å². The maximum atomic E-state index is 12.0. The summed E-state index contributed by atoms with van der Waals surface area (Å²) in [6.45, 7) is 0.518. The van der Waals surface area contributed by atoms with Crippen molar-refractivity contribution in [3.05, 3.63) is 34.7 Å². The first-order valence-electron chi connectivity index (χ1n) is 8.60. The lowest BCUT2D eigenvalue weighted by Crippen LogP contribution is -2.22. The van der Waals surface area contributed by atoms with Gasteiger partial charge in [-0.25, -0.2) is 4.98 Å². The Kier molecular flexibility index (Phi) is 5.86. The lowest BCUT2D eigenvalue weighted by atomic mass is 10.0. The Balaban J connectivity index is 1.47. The molecule has 24 heavy (non-hydrogen) atoms. The summed E-state index contributed by atoms with van der Waals surface area (Å²) in [5.74, 6) is 1.74. The lowest BCUT2D eigenvalue weighted by Gasteiger charge is -2.08. The van der Waals surface area contributed by atoms with Crippen molar-refractivity contribution in [2.45, 2.75) is 45.1 Å². The number of aromatic nitrogens is 1. The van der Waals surface area contributed by atoms with Gasteiger partial charge < -0.3 is 10.1 Å². The average molecular weight is 344 g/mol. The van der Waals surface area contributed by atoms with Crippen LogP contribution in [0.4, 0.5) is 0 Å². The molecule has 0 radical (unpaired) electrons. The molecule has 1 aromatic heterocycles. The molecule has 0 unspecified atom stereocenters. The van der Waals surface area contributed by atoms with E-state index in [1.54, 1.807) is 18.4 Å². The smallest absolute Gasteiger partial charge is 0.220 e. The number of hydrogen-bond acceptors (Lipinski definition) is 4. The highest BCUT2D eigenvalue weighted by molar-refractivity contribution is 7.09. The Labute approximate surface area is 147 Å². The highest BCUT2D eigenvalue weighted by Crippen LogP contribution is 2.28. The molecule has 0 atom stereocenters. The fourth-order valence-electron chi connectivity index (χ4n) is 3.18. The van der Waals surface area contributed by atoms with Crippen molar-refractivity contribution >= 4 is 17.2 Å². The highest BCUT2D eigenvalue weighted by Gasteiger charge is 2.16. The molecule has 1 saturated carbocycles. The van der Waals surface area contributed by atoms with E-state index in [1.807, 2.05) is 29.6 Å². The fraction of sp³-hybridized carbons (Fsp3) is 0.474. The predicted molar refractivity (Wildman–Crippen MR) is 97.1 cm³/mol. The van der Waals surface area contributed by atoms with Crippen molar-refractivity contribution < 1.29 is 9.53 Å². The van der Waals surface area contributed by atoms with Crippen molar-refractivity contribution in [2.24, 2.45) is 5.92 Å². The lowest BCUT2D eigenvalue weighted by molar-refractivity contribution is -0.121. The molecule has 1 fully saturated rings. The van der Waals surface area contributed by atoms with Gasteiger partial charge in [-0.15, -0.1) is 11.3 Å². The number of nitrogens with zero attached hydrogens (tertiary/aromatic N) is 1. The number of amides is 1. The van der Waals surface area contributed by atoms with Gasteiger partial charge in [0.25, 0.3) is 0 Å². The summed E-state index contributed by atoms with van der Waals surface area (Å²) >= 11 is 1.58. The Bertz CT molecular complexity index is 660. The summed E-state index contributed by atoms with van der Waals surface area (Å²) in [5.41, 5.74) is 2.00. The molecule has 0 bridgehead atoms. The molecule has 1 heterocycles. The second-order valence-electron chi connectivity index (χ2n) is 6.32. The zero-order chi connectivity index (χ0) is 16.8. The molecule has 1 N–H and O–H groups in total. The van der Waals surface area contributed by atoms with Gasteiger partial charge in [-0.2, -0.15) is 0 Å². The fourth-order valence-corrected chi connectivity index (χ4v) is 3.93. The summed E-state index contributed by atoms with van der Waals surface area (Å²) in [7, 11) is 1.66. The molecule has 3 rings (SSSR count). The van der Waals surface area contributed by atoms with Gasteiger partial charge in [0.15, 0.2) is 0 Å². The van der Waals surface area contributed by atoms with Crippen molar-refractivity contribution in [1.29, 1.82) is 0 Å². The van der Waals surface area contributed by atoms with Crippen LogP contribution in [-0.2, 0) is 11.3 Å². The standard InChI is InChI=1S/C19H24N2O2S/c1-23-16-9-7-15(8-10-16)17-13-24-19(21-17)12-20-18(22)11-6-14-4-2-3-5-14/h7-10,13-14H,2-6,11-12H2,1H3,(H,20,22). The number of methoxy groups -OCH3 is 1. The van der Waals surface area contributed by atoms with Crippen LogP contribution in [0.3, 0.4) is 0 Å². The van der Waals surface area contributed by atoms with Gasteiger partial charge in [0, 0.05) is 17.4 Å². The van der Waals surface area contributed by atoms with Gasteiger partial charge in [-0.3, -0.25) is 4.79 Å². The Morgan fingerprint density at radius 2 is 2.04 bits per heavy atom. The molecular formula is C19H24N2O2S. The minimum atomic E-state index is 0.142. The molecule has 128 valence electrons. The number of carbonyl (C=O) groups excluding carboxylic acids is 1. The van der Waals surface area contributed by atoms with Crippen molar-refractivity contribution in [1.82, 2.24) is 10.3 Å². The van der Waals surface area contributed by atoms with E-state index in [0.717, 1.165) is 34.4 Å². The van der Waals surface area contributed by atoms with Gasteiger partial charge >= 0.3 is 0 Å². The van der Waals surface area contributed by atoms with Crippen molar-refractivity contribution in [3.63, 3.8) is 0 Å². The summed E-state index contributed by atoms with van der Waals surface area (Å²) in [4.78, 5) is 16.6. The third kappa shape index (κ3) is 4.57. The van der Waals surface area contributed by atoms with Crippen LogP contribution in [0.15, 0.2) is 29.6 Å². The van der Waals surface area contributed by atoms with E-state index in [0.29, 0.717) is 13.0 Å². The van der Waals surface area contributed by atoms with Gasteiger partial charge in [-0.05, 0) is 36.6 Å². The summed E-state index contributed by atoms with van der Waals surface area (Å²) < 4.78 is 5.17. The van der Waals surface area contributed by atoms with E-state index in [9.17, 15) is 4.79 Å². The molecule has 0 spiro atoms. The molecular weight excluding hydrogens is 320 g/mol. The second-order valence-corrected chi connectivity index (χ2v) is 7.26. The molecule has 1 amide bonds. The van der Waals surface area contributed by atoms with Crippen LogP contribution < -0.4 is 10.1 Å². The normalized spacial score (nSPS) is 14.7. The van der Waals surface area contributed by atoms with E-state index in [-0.39, 0.29) is 5.91 Å². The number of rotatable bonds is 7. The average Bonchev–Trinajstić information content (AvgIpc) is 3.30. The topological polar surface area (TPSA) is 51.2 Å². The monoisotopic (exact) mass is 344 g/mol. The van der Waals surface area contributed by atoms with Gasteiger partial charge in [0.2, 0.25) is 5.91 Å². The highest BCUT2D eigenvalue weighted by atomic mass is 32.1. The molecule has 1 aliphatic carbocycles. The van der Waals surface area contributed by atoms with E-state index < -0.39 is 0 Å². The number of nitrogens with one attached hydrogen (secondary N) is 1. The van der Waals surface area contributed by atoms with Crippen LogP contribution in [0.2, 0.25) is 0 Å². The van der Waals surface area contributed by atoms with E-state index in [4.69, 9.17) is 4.74 Å². The minimum absolute atomic E-state index is 0.142. The summed E-state index contributed by atoms with van der Waals surface area (Å²) in [6.07, 6.45) is 6.93. The minimum Gasteiger partial charge on any atom is -0.497 e. The largest absolute Gasteiger partial charge is 0.497 e. The third-order valence-corrected chi connectivity index (χ3v) is 5.48. The zero-order valence-corrected chi connectivity index (χ0v) is 14.9. The predicted octanol–water partition coefficient (Wildman–Crippen LogP) is 4.41. The van der Waals surface area contributed by atoms with E-state index in [2.05, 4.69) is 10.3 Å². The number of hydrogen-bond donors (Lipinski definition) is 1. The summed E-state index contributed by atoms with van der Waals surface area (Å²) in [5, 5.41) is 5.96. The molecule has 2 aromatic rings. The molecule has 0 saturated heterocycles. The Morgan fingerprint density at radius 1 is 1.29 bits per heavy atom. The molecule has 1 aromatic carbocycles. The second kappa shape index (κ2) is 8.29.